The van der Waals surface area contributed by atoms with E-state index in [0.29, 0.717) is 10.6 Å². The SMILES string of the molecule is CN(O)C(=O)c1ccc(NCc2ccccc2)cc1. The van der Waals surface area contributed by atoms with E-state index in [1.54, 1.807) is 12.1 Å². The number of amides is 1. The van der Waals surface area contributed by atoms with Crippen molar-refractivity contribution >= 4 is 11.6 Å². The summed E-state index contributed by atoms with van der Waals surface area (Å²) in [7, 11) is 1.31. The Morgan fingerprint density at radius 2 is 1.74 bits per heavy atom. The van der Waals surface area contributed by atoms with E-state index in [1.165, 1.54) is 12.6 Å². The molecule has 2 N–H and O–H groups in total. The maximum atomic E-state index is 11.5. The molecule has 2 aromatic carbocycles. The van der Waals surface area contributed by atoms with Crippen LogP contribution in [0.4, 0.5) is 5.69 Å². The van der Waals surface area contributed by atoms with Crippen LogP contribution >= 0.6 is 0 Å². The van der Waals surface area contributed by atoms with Gasteiger partial charge >= 0.3 is 0 Å². The lowest BCUT2D eigenvalue weighted by Gasteiger charge is -2.10. The summed E-state index contributed by atoms with van der Waals surface area (Å²) >= 11 is 0. The van der Waals surface area contributed by atoms with Crippen LogP contribution in [0.3, 0.4) is 0 Å². The van der Waals surface area contributed by atoms with Gasteiger partial charge in [-0.05, 0) is 29.8 Å². The Morgan fingerprint density at radius 1 is 1.11 bits per heavy atom. The van der Waals surface area contributed by atoms with Gasteiger partial charge in [0.15, 0.2) is 0 Å². The van der Waals surface area contributed by atoms with Gasteiger partial charge in [-0.2, -0.15) is 0 Å². The van der Waals surface area contributed by atoms with Gasteiger partial charge in [-0.15, -0.1) is 0 Å². The van der Waals surface area contributed by atoms with Crippen LogP contribution in [0.1, 0.15) is 15.9 Å². The molecule has 1 amide bonds. The van der Waals surface area contributed by atoms with Crippen LogP contribution in [0.5, 0.6) is 0 Å². The molecule has 0 spiro atoms. The third-order valence-corrected chi connectivity index (χ3v) is 2.77. The molecule has 0 atom stereocenters. The van der Waals surface area contributed by atoms with Gasteiger partial charge in [0.05, 0.1) is 0 Å². The molecule has 2 rings (SSSR count). The minimum absolute atomic E-state index is 0.422. The number of hydrogen-bond acceptors (Lipinski definition) is 3. The molecular formula is C15H16N2O2. The highest BCUT2D eigenvalue weighted by Gasteiger charge is 2.08. The largest absolute Gasteiger partial charge is 0.381 e. The second kappa shape index (κ2) is 6.02. The zero-order valence-corrected chi connectivity index (χ0v) is 10.7. The molecule has 4 nitrogen and oxygen atoms in total. The van der Waals surface area contributed by atoms with Crippen LogP contribution in [0, 0.1) is 0 Å². The Balaban J connectivity index is 1.98. The van der Waals surface area contributed by atoms with Gasteiger partial charge in [-0.1, -0.05) is 30.3 Å². The highest BCUT2D eigenvalue weighted by atomic mass is 16.5. The smallest absolute Gasteiger partial charge is 0.276 e. The number of nitrogens with zero attached hydrogens (tertiary/aromatic N) is 1. The van der Waals surface area contributed by atoms with Crippen molar-refractivity contribution in [2.75, 3.05) is 12.4 Å². The van der Waals surface area contributed by atoms with Crippen molar-refractivity contribution in [3.8, 4) is 0 Å². The maximum Gasteiger partial charge on any atom is 0.276 e. The van der Waals surface area contributed by atoms with Gasteiger partial charge in [-0.25, -0.2) is 5.06 Å². The fourth-order valence-corrected chi connectivity index (χ4v) is 1.72. The second-order valence-electron chi connectivity index (χ2n) is 4.25. The number of benzene rings is 2. The summed E-state index contributed by atoms with van der Waals surface area (Å²) in [6.45, 7) is 0.730. The fourth-order valence-electron chi connectivity index (χ4n) is 1.72. The lowest BCUT2D eigenvalue weighted by molar-refractivity contribution is -0.0374. The lowest BCUT2D eigenvalue weighted by Crippen LogP contribution is -2.22. The molecule has 0 aliphatic heterocycles. The Hall–Kier alpha value is -2.33. The van der Waals surface area contributed by atoms with Crippen molar-refractivity contribution in [2.45, 2.75) is 6.54 Å². The number of carbonyl (C=O) groups excluding carboxylic acids is 1. The van der Waals surface area contributed by atoms with Crippen molar-refractivity contribution in [3.63, 3.8) is 0 Å². The topological polar surface area (TPSA) is 52.6 Å². The van der Waals surface area contributed by atoms with Crippen molar-refractivity contribution < 1.29 is 10.0 Å². The van der Waals surface area contributed by atoms with E-state index >= 15 is 0 Å². The summed E-state index contributed by atoms with van der Waals surface area (Å²) < 4.78 is 0. The monoisotopic (exact) mass is 256 g/mol. The quantitative estimate of drug-likeness (QED) is 0.653. The van der Waals surface area contributed by atoms with E-state index in [2.05, 4.69) is 5.32 Å². The van der Waals surface area contributed by atoms with E-state index < -0.39 is 5.91 Å². The van der Waals surface area contributed by atoms with E-state index in [4.69, 9.17) is 5.21 Å². The number of anilines is 1. The zero-order chi connectivity index (χ0) is 13.7. The third-order valence-electron chi connectivity index (χ3n) is 2.77. The van der Waals surface area contributed by atoms with Crippen molar-refractivity contribution in [1.82, 2.24) is 5.06 Å². The molecule has 0 aliphatic rings. The molecule has 2 aromatic rings. The zero-order valence-electron chi connectivity index (χ0n) is 10.7. The van der Waals surface area contributed by atoms with Crippen LogP contribution in [0.2, 0.25) is 0 Å². The molecule has 0 bridgehead atoms. The molecule has 0 saturated heterocycles. The van der Waals surface area contributed by atoms with Crippen LogP contribution < -0.4 is 5.32 Å². The minimum Gasteiger partial charge on any atom is -0.381 e. The Labute approximate surface area is 112 Å². The molecular weight excluding hydrogens is 240 g/mol. The van der Waals surface area contributed by atoms with Gasteiger partial charge in [-0.3, -0.25) is 10.0 Å². The molecule has 0 radical (unpaired) electrons. The molecule has 0 saturated carbocycles. The third kappa shape index (κ3) is 3.56. The van der Waals surface area contributed by atoms with Crippen LogP contribution in [0.25, 0.3) is 0 Å². The highest BCUT2D eigenvalue weighted by molar-refractivity contribution is 5.93. The number of nitrogens with one attached hydrogen (secondary N) is 1. The van der Waals surface area contributed by atoms with Gasteiger partial charge in [0.1, 0.15) is 0 Å². The molecule has 0 heterocycles. The Morgan fingerprint density at radius 3 is 2.32 bits per heavy atom. The summed E-state index contributed by atoms with van der Waals surface area (Å²) in [5.74, 6) is -0.422. The molecule has 19 heavy (non-hydrogen) atoms. The lowest BCUT2D eigenvalue weighted by atomic mass is 10.2. The summed E-state index contributed by atoms with van der Waals surface area (Å²) in [4.78, 5) is 11.5. The standard InChI is InChI=1S/C15H16N2O2/c1-17(19)15(18)13-7-9-14(10-8-13)16-11-12-5-3-2-4-6-12/h2-10,16,19H,11H2,1H3. The summed E-state index contributed by atoms with van der Waals surface area (Å²) in [5, 5.41) is 12.9. The summed E-state index contributed by atoms with van der Waals surface area (Å²) in [6.07, 6.45) is 0. The van der Waals surface area contributed by atoms with Gasteiger partial charge in [0.25, 0.3) is 5.91 Å². The van der Waals surface area contributed by atoms with Crippen molar-refractivity contribution in [1.29, 1.82) is 0 Å². The molecule has 0 aromatic heterocycles. The number of hydrogen-bond donors (Lipinski definition) is 2. The minimum atomic E-state index is -0.422. The van der Waals surface area contributed by atoms with Gasteiger partial charge < -0.3 is 5.32 Å². The molecule has 0 unspecified atom stereocenters. The molecule has 98 valence electrons. The number of rotatable bonds is 4. The molecule has 0 fully saturated rings. The van der Waals surface area contributed by atoms with E-state index in [-0.39, 0.29) is 0 Å². The van der Waals surface area contributed by atoms with Crippen molar-refractivity contribution in [2.24, 2.45) is 0 Å². The summed E-state index contributed by atoms with van der Waals surface area (Å²) in [5.41, 5.74) is 2.58. The first-order chi connectivity index (χ1) is 9.16. The van der Waals surface area contributed by atoms with Crippen LogP contribution in [-0.4, -0.2) is 23.2 Å². The van der Waals surface area contributed by atoms with Gasteiger partial charge in [0.2, 0.25) is 0 Å². The Bertz CT molecular complexity index is 536. The summed E-state index contributed by atoms with van der Waals surface area (Å²) in [6, 6.07) is 17.1. The normalized spacial score (nSPS) is 10.0. The van der Waals surface area contributed by atoms with Crippen molar-refractivity contribution in [3.05, 3.63) is 65.7 Å². The number of hydroxylamine groups is 2. The average molecular weight is 256 g/mol. The predicted octanol–water partition coefficient (Wildman–Crippen LogP) is 2.76. The molecule has 0 aliphatic carbocycles. The van der Waals surface area contributed by atoms with Crippen LogP contribution in [0.15, 0.2) is 54.6 Å². The van der Waals surface area contributed by atoms with E-state index in [9.17, 15) is 4.79 Å². The second-order valence-corrected chi connectivity index (χ2v) is 4.25. The first-order valence-corrected chi connectivity index (χ1v) is 6.01. The fraction of sp³-hybridized carbons (Fsp3) is 0.133. The molecule has 4 heteroatoms. The first-order valence-electron chi connectivity index (χ1n) is 6.01. The highest BCUT2D eigenvalue weighted by Crippen LogP contribution is 2.12. The predicted molar refractivity (Wildman–Crippen MR) is 74.1 cm³/mol. The van der Waals surface area contributed by atoms with Gasteiger partial charge in [0, 0.05) is 24.8 Å². The Kier molecular flexibility index (Phi) is 4.15. The number of carbonyl (C=O) groups is 1. The van der Waals surface area contributed by atoms with E-state index in [0.717, 1.165) is 12.2 Å². The first kappa shape index (κ1) is 13.1. The van der Waals surface area contributed by atoms with E-state index in [1.807, 2.05) is 42.5 Å². The maximum absolute atomic E-state index is 11.5. The van der Waals surface area contributed by atoms with Crippen LogP contribution in [-0.2, 0) is 6.54 Å². The average Bonchev–Trinajstić information content (AvgIpc) is 2.46.